The molecular formula is C20H32N2O5. The Morgan fingerprint density at radius 3 is 2.19 bits per heavy atom. The van der Waals surface area contributed by atoms with Gasteiger partial charge in [-0.3, -0.25) is 0 Å². The number of benzene rings is 1. The fraction of sp³-hybridized carbons (Fsp3) is 0.600. The Morgan fingerprint density at radius 1 is 1.07 bits per heavy atom. The minimum Gasteiger partial charge on any atom is -0.497 e. The van der Waals surface area contributed by atoms with Gasteiger partial charge >= 0.3 is 12.0 Å². The Hall–Kier alpha value is -2.28. The number of esters is 1. The predicted octanol–water partition coefficient (Wildman–Crippen LogP) is 3.65. The van der Waals surface area contributed by atoms with E-state index < -0.39 is 29.2 Å². The molecule has 1 aromatic carbocycles. The van der Waals surface area contributed by atoms with Crippen LogP contribution in [0.4, 0.5) is 10.5 Å². The van der Waals surface area contributed by atoms with Gasteiger partial charge in [0.15, 0.2) is 6.04 Å². The summed E-state index contributed by atoms with van der Waals surface area (Å²) >= 11 is 0. The van der Waals surface area contributed by atoms with Crippen molar-refractivity contribution < 1.29 is 23.8 Å². The van der Waals surface area contributed by atoms with E-state index in [1.165, 1.54) is 0 Å². The number of anilines is 1. The van der Waals surface area contributed by atoms with Gasteiger partial charge in [-0.25, -0.2) is 9.59 Å². The number of carbonyl (C=O) groups excluding carboxylic acids is 2. The lowest BCUT2D eigenvalue weighted by Gasteiger charge is -2.27. The minimum atomic E-state index is -0.929. The second-order valence-electron chi connectivity index (χ2n) is 8.29. The van der Waals surface area contributed by atoms with Crippen molar-refractivity contribution in [3.8, 4) is 5.75 Å². The molecule has 0 spiro atoms. The summed E-state index contributed by atoms with van der Waals surface area (Å²) < 4.78 is 16.2. The molecule has 7 heteroatoms. The van der Waals surface area contributed by atoms with Crippen LogP contribution in [0.25, 0.3) is 0 Å². The van der Waals surface area contributed by atoms with Crippen molar-refractivity contribution in [2.24, 2.45) is 0 Å². The number of carbonyl (C=O) groups is 2. The van der Waals surface area contributed by atoms with Gasteiger partial charge in [-0.15, -0.1) is 0 Å². The molecule has 0 saturated heterocycles. The lowest BCUT2D eigenvalue weighted by molar-refractivity contribution is -0.160. The van der Waals surface area contributed by atoms with E-state index in [0.29, 0.717) is 11.4 Å². The van der Waals surface area contributed by atoms with E-state index in [2.05, 4.69) is 10.6 Å². The van der Waals surface area contributed by atoms with Crippen LogP contribution in [0.15, 0.2) is 18.2 Å². The zero-order chi connectivity index (χ0) is 20.8. The topological polar surface area (TPSA) is 85.9 Å². The molecule has 0 aliphatic rings. The maximum atomic E-state index is 12.5. The van der Waals surface area contributed by atoms with Crippen LogP contribution in [0.2, 0.25) is 0 Å². The van der Waals surface area contributed by atoms with E-state index in [0.717, 1.165) is 5.56 Å². The normalized spacial score (nSPS) is 12.9. The number of urea groups is 1. The van der Waals surface area contributed by atoms with Gasteiger partial charge in [-0.2, -0.15) is 0 Å². The first-order valence-corrected chi connectivity index (χ1v) is 8.90. The zero-order valence-corrected chi connectivity index (χ0v) is 17.6. The van der Waals surface area contributed by atoms with Gasteiger partial charge in [0.2, 0.25) is 0 Å². The van der Waals surface area contributed by atoms with Crippen molar-refractivity contribution in [2.45, 2.75) is 65.7 Å². The van der Waals surface area contributed by atoms with Gasteiger partial charge in [0.25, 0.3) is 0 Å². The Labute approximate surface area is 161 Å². The maximum absolute atomic E-state index is 12.5. The summed E-state index contributed by atoms with van der Waals surface area (Å²) in [7, 11) is 1.58. The predicted molar refractivity (Wildman–Crippen MR) is 105 cm³/mol. The summed E-state index contributed by atoms with van der Waals surface area (Å²) in [5, 5.41) is 5.37. The largest absolute Gasteiger partial charge is 0.497 e. The van der Waals surface area contributed by atoms with Crippen LogP contribution in [0.5, 0.6) is 5.75 Å². The fourth-order valence-electron chi connectivity index (χ4n) is 2.09. The standard InChI is InChI=1S/C20H32N2O5/c1-13-11-14(25-8)9-10-15(13)21-18(24)22-16(12-26-19(2,3)4)17(23)27-20(5,6)7/h9-11,16H,12H2,1-8H3,(H2,21,22,24). The van der Waals surface area contributed by atoms with Crippen LogP contribution in [0.3, 0.4) is 0 Å². The van der Waals surface area contributed by atoms with Crippen LogP contribution >= 0.6 is 0 Å². The van der Waals surface area contributed by atoms with Crippen LogP contribution < -0.4 is 15.4 Å². The Bertz CT molecular complexity index is 659. The molecule has 0 aromatic heterocycles. The van der Waals surface area contributed by atoms with E-state index in [4.69, 9.17) is 14.2 Å². The highest BCUT2D eigenvalue weighted by atomic mass is 16.6. The quantitative estimate of drug-likeness (QED) is 0.736. The Morgan fingerprint density at radius 2 is 1.70 bits per heavy atom. The molecule has 7 nitrogen and oxygen atoms in total. The average molecular weight is 380 g/mol. The van der Waals surface area contributed by atoms with Crippen molar-refractivity contribution >= 4 is 17.7 Å². The summed E-state index contributed by atoms with van der Waals surface area (Å²) in [6.45, 7) is 12.8. The number of nitrogens with one attached hydrogen (secondary N) is 2. The molecule has 27 heavy (non-hydrogen) atoms. The zero-order valence-electron chi connectivity index (χ0n) is 17.6. The lowest BCUT2D eigenvalue weighted by Crippen LogP contribution is -2.49. The SMILES string of the molecule is COc1ccc(NC(=O)NC(COC(C)(C)C)C(=O)OC(C)(C)C)c(C)c1. The van der Waals surface area contributed by atoms with Gasteiger partial charge in [0.05, 0.1) is 19.3 Å². The highest BCUT2D eigenvalue weighted by Crippen LogP contribution is 2.21. The fourth-order valence-corrected chi connectivity index (χ4v) is 2.09. The van der Waals surface area contributed by atoms with E-state index >= 15 is 0 Å². The first-order valence-electron chi connectivity index (χ1n) is 8.90. The average Bonchev–Trinajstić information content (AvgIpc) is 2.50. The second-order valence-corrected chi connectivity index (χ2v) is 8.29. The summed E-state index contributed by atoms with van der Waals surface area (Å²) in [4.78, 5) is 24.9. The molecule has 0 saturated carbocycles. The third kappa shape index (κ3) is 8.77. The van der Waals surface area contributed by atoms with E-state index in [9.17, 15) is 9.59 Å². The lowest BCUT2D eigenvalue weighted by atomic mass is 10.1. The number of hydrogen-bond donors (Lipinski definition) is 2. The van der Waals surface area contributed by atoms with Crippen LogP contribution in [0.1, 0.15) is 47.1 Å². The van der Waals surface area contributed by atoms with Gasteiger partial charge in [0.1, 0.15) is 11.4 Å². The van der Waals surface area contributed by atoms with E-state index in [1.807, 2.05) is 33.8 Å². The molecule has 2 N–H and O–H groups in total. The van der Waals surface area contributed by atoms with Crippen molar-refractivity contribution in [2.75, 3.05) is 19.0 Å². The number of aryl methyl sites for hydroxylation is 1. The number of ether oxygens (including phenoxy) is 3. The summed E-state index contributed by atoms with van der Waals surface area (Å²) in [5.41, 5.74) is 0.338. The minimum absolute atomic E-state index is 0.00737. The van der Waals surface area contributed by atoms with E-state index in [-0.39, 0.29) is 6.61 Å². The molecule has 0 aliphatic heterocycles. The molecule has 1 aromatic rings. The highest BCUT2D eigenvalue weighted by Gasteiger charge is 2.28. The first kappa shape index (κ1) is 22.8. The van der Waals surface area contributed by atoms with Crippen LogP contribution in [-0.4, -0.2) is 43.0 Å². The first-order chi connectivity index (χ1) is 12.3. The van der Waals surface area contributed by atoms with Crippen molar-refractivity contribution in [3.05, 3.63) is 23.8 Å². The number of rotatable bonds is 6. The molecule has 0 fully saturated rings. The number of amides is 2. The number of hydrogen-bond acceptors (Lipinski definition) is 5. The summed E-state index contributed by atoms with van der Waals surface area (Å²) in [6.07, 6.45) is 0. The van der Waals surface area contributed by atoms with Crippen LogP contribution in [-0.2, 0) is 14.3 Å². The van der Waals surface area contributed by atoms with Crippen LogP contribution in [0, 0.1) is 6.92 Å². The van der Waals surface area contributed by atoms with Gasteiger partial charge in [-0.05, 0) is 72.2 Å². The van der Waals surface area contributed by atoms with Crippen molar-refractivity contribution in [1.82, 2.24) is 5.32 Å². The third-order valence-corrected chi connectivity index (χ3v) is 3.36. The van der Waals surface area contributed by atoms with E-state index in [1.54, 1.807) is 40.0 Å². The maximum Gasteiger partial charge on any atom is 0.331 e. The molecule has 152 valence electrons. The molecule has 0 bridgehead atoms. The highest BCUT2D eigenvalue weighted by molar-refractivity contribution is 5.93. The van der Waals surface area contributed by atoms with Crippen molar-refractivity contribution in [1.29, 1.82) is 0 Å². The molecule has 1 atom stereocenters. The Balaban J connectivity index is 2.83. The van der Waals surface area contributed by atoms with Gasteiger partial charge in [0, 0.05) is 5.69 Å². The van der Waals surface area contributed by atoms with Gasteiger partial charge < -0.3 is 24.8 Å². The summed E-state index contributed by atoms with van der Waals surface area (Å²) in [6, 6.07) is 3.85. The molecule has 1 rings (SSSR count). The molecule has 0 heterocycles. The molecular weight excluding hydrogens is 348 g/mol. The third-order valence-electron chi connectivity index (χ3n) is 3.36. The molecule has 1 unspecified atom stereocenters. The van der Waals surface area contributed by atoms with Gasteiger partial charge in [-0.1, -0.05) is 0 Å². The van der Waals surface area contributed by atoms with Crippen molar-refractivity contribution in [3.63, 3.8) is 0 Å². The smallest absolute Gasteiger partial charge is 0.331 e. The monoisotopic (exact) mass is 380 g/mol. The molecule has 2 amide bonds. The molecule has 0 aliphatic carbocycles. The summed E-state index contributed by atoms with van der Waals surface area (Å²) in [5.74, 6) is 0.150. The Kier molecular flexibility index (Phi) is 7.65. The number of methoxy groups -OCH3 is 1. The molecule has 0 radical (unpaired) electrons. The second kappa shape index (κ2) is 9.08.